The number of fused-ring (bicyclic) bond motifs is 1. The zero-order valence-electron chi connectivity index (χ0n) is 13.1. The molecule has 1 heterocycles. The Balaban J connectivity index is 2.09. The number of ether oxygens (including phenoxy) is 1. The van der Waals surface area contributed by atoms with Crippen molar-refractivity contribution in [1.82, 2.24) is 0 Å². The first kappa shape index (κ1) is 15.0. The van der Waals surface area contributed by atoms with Crippen LogP contribution in [0, 0.1) is 17.7 Å². The van der Waals surface area contributed by atoms with Gasteiger partial charge in [0.05, 0.1) is 18.4 Å². The van der Waals surface area contributed by atoms with Crippen molar-refractivity contribution in [2.75, 3.05) is 12.0 Å². The fourth-order valence-electron chi connectivity index (χ4n) is 3.64. The first-order chi connectivity index (χ1) is 10.4. The van der Waals surface area contributed by atoms with Crippen molar-refractivity contribution in [2.24, 2.45) is 11.8 Å². The summed E-state index contributed by atoms with van der Waals surface area (Å²) in [5.74, 6) is -0.599. The molecule has 0 saturated heterocycles. The van der Waals surface area contributed by atoms with Crippen LogP contribution in [-0.4, -0.2) is 25.0 Å². The highest BCUT2D eigenvalue weighted by Crippen LogP contribution is 2.45. The number of methoxy groups -OCH3 is 1. The molecule has 0 radical (unpaired) electrons. The maximum absolute atomic E-state index is 14.3. The van der Waals surface area contributed by atoms with Crippen LogP contribution in [0.2, 0.25) is 0 Å². The van der Waals surface area contributed by atoms with Gasteiger partial charge < -0.3 is 9.64 Å². The standard InChI is InChI=1S/C17H20FNO3/c1-9-6-12-7-13(17(21)22-3)14(18)8-15(12)19(10(2)20)16(9)11-4-5-11/h7-9,11,16H,4-6H2,1-3H3/t9-,16-/m1/s1. The SMILES string of the molecule is COC(=O)c1cc2c(cc1F)N(C(C)=O)[C@@H](C1CC1)[C@H](C)C2. The van der Waals surface area contributed by atoms with E-state index in [1.165, 1.54) is 26.2 Å². The minimum Gasteiger partial charge on any atom is -0.465 e. The molecule has 1 aromatic rings. The van der Waals surface area contributed by atoms with E-state index in [0.717, 1.165) is 24.8 Å². The van der Waals surface area contributed by atoms with Crippen LogP contribution < -0.4 is 4.90 Å². The molecule has 0 bridgehead atoms. The van der Waals surface area contributed by atoms with E-state index in [2.05, 4.69) is 11.7 Å². The van der Waals surface area contributed by atoms with Gasteiger partial charge in [0.2, 0.25) is 5.91 Å². The molecule has 0 N–H and O–H groups in total. The zero-order valence-corrected chi connectivity index (χ0v) is 13.1. The van der Waals surface area contributed by atoms with Crippen LogP contribution in [0.25, 0.3) is 0 Å². The summed E-state index contributed by atoms with van der Waals surface area (Å²) < 4.78 is 18.9. The Morgan fingerprint density at radius 1 is 1.32 bits per heavy atom. The average molecular weight is 305 g/mol. The summed E-state index contributed by atoms with van der Waals surface area (Å²) in [6.45, 7) is 3.63. The van der Waals surface area contributed by atoms with E-state index >= 15 is 0 Å². The van der Waals surface area contributed by atoms with E-state index in [-0.39, 0.29) is 17.5 Å². The molecular formula is C17H20FNO3. The molecule has 5 heteroatoms. The summed E-state index contributed by atoms with van der Waals surface area (Å²) in [6, 6.07) is 2.98. The molecule has 4 nitrogen and oxygen atoms in total. The van der Waals surface area contributed by atoms with Gasteiger partial charge in [-0.05, 0) is 48.8 Å². The van der Waals surface area contributed by atoms with E-state index < -0.39 is 11.8 Å². The minimum absolute atomic E-state index is 0.0678. The smallest absolute Gasteiger partial charge is 0.340 e. The lowest BCUT2D eigenvalue weighted by atomic mass is 9.83. The van der Waals surface area contributed by atoms with Crippen LogP contribution in [0.5, 0.6) is 0 Å². The molecule has 1 aliphatic carbocycles. The lowest BCUT2D eigenvalue weighted by molar-refractivity contribution is -0.117. The van der Waals surface area contributed by atoms with Crippen LogP contribution in [-0.2, 0) is 16.0 Å². The van der Waals surface area contributed by atoms with Crippen molar-refractivity contribution in [3.05, 3.63) is 29.1 Å². The number of benzene rings is 1. The van der Waals surface area contributed by atoms with Crippen LogP contribution >= 0.6 is 0 Å². The normalized spacial score (nSPS) is 23.9. The van der Waals surface area contributed by atoms with E-state index in [9.17, 15) is 14.0 Å². The molecular weight excluding hydrogens is 285 g/mol. The second-order valence-electron chi connectivity index (χ2n) is 6.35. The number of halogens is 1. The Hall–Kier alpha value is -1.91. The third-order valence-electron chi connectivity index (χ3n) is 4.70. The van der Waals surface area contributed by atoms with Crippen molar-refractivity contribution in [3.63, 3.8) is 0 Å². The van der Waals surface area contributed by atoms with Crippen molar-refractivity contribution >= 4 is 17.6 Å². The second-order valence-corrected chi connectivity index (χ2v) is 6.35. The van der Waals surface area contributed by atoms with Crippen LogP contribution in [0.4, 0.5) is 10.1 Å². The summed E-state index contributed by atoms with van der Waals surface area (Å²) in [6.07, 6.45) is 2.98. The molecule has 22 heavy (non-hydrogen) atoms. The van der Waals surface area contributed by atoms with E-state index in [1.807, 2.05) is 0 Å². The van der Waals surface area contributed by atoms with Gasteiger partial charge in [0, 0.05) is 13.0 Å². The Bertz CT molecular complexity index is 639. The number of carbonyl (C=O) groups is 2. The average Bonchev–Trinajstić information content (AvgIpc) is 3.29. The molecule has 0 aromatic heterocycles. The number of rotatable bonds is 2. The van der Waals surface area contributed by atoms with E-state index in [0.29, 0.717) is 17.5 Å². The molecule has 1 aliphatic heterocycles. The highest BCUT2D eigenvalue weighted by Gasteiger charge is 2.44. The highest BCUT2D eigenvalue weighted by molar-refractivity contribution is 5.96. The van der Waals surface area contributed by atoms with Crippen LogP contribution in [0.3, 0.4) is 0 Å². The summed E-state index contributed by atoms with van der Waals surface area (Å²) in [7, 11) is 1.23. The molecule has 0 spiro atoms. The quantitative estimate of drug-likeness (QED) is 0.789. The fraction of sp³-hybridized carbons (Fsp3) is 0.529. The van der Waals surface area contributed by atoms with Crippen molar-refractivity contribution in [2.45, 2.75) is 39.2 Å². The van der Waals surface area contributed by atoms with Gasteiger partial charge in [0.1, 0.15) is 5.82 Å². The molecule has 1 amide bonds. The molecule has 0 unspecified atom stereocenters. The Morgan fingerprint density at radius 3 is 2.55 bits per heavy atom. The summed E-state index contributed by atoms with van der Waals surface area (Å²) in [4.78, 5) is 25.5. The van der Waals surface area contributed by atoms with Gasteiger partial charge in [0.15, 0.2) is 0 Å². The molecule has 2 aliphatic rings. The van der Waals surface area contributed by atoms with Gasteiger partial charge in [-0.25, -0.2) is 9.18 Å². The largest absolute Gasteiger partial charge is 0.465 e. The zero-order chi connectivity index (χ0) is 16.0. The maximum atomic E-state index is 14.3. The van der Waals surface area contributed by atoms with Gasteiger partial charge >= 0.3 is 5.97 Å². The van der Waals surface area contributed by atoms with Crippen molar-refractivity contribution in [1.29, 1.82) is 0 Å². The minimum atomic E-state index is -0.688. The predicted octanol–water partition coefficient (Wildman–Crippen LogP) is 2.94. The maximum Gasteiger partial charge on any atom is 0.340 e. The number of hydrogen-bond acceptors (Lipinski definition) is 3. The lowest BCUT2D eigenvalue weighted by Gasteiger charge is -2.41. The van der Waals surface area contributed by atoms with E-state index in [4.69, 9.17) is 0 Å². The number of amides is 1. The Labute approximate surface area is 129 Å². The highest BCUT2D eigenvalue weighted by atomic mass is 19.1. The number of nitrogens with zero attached hydrogens (tertiary/aromatic N) is 1. The molecule has 1 saturated carbocycles. The fourth-order valence-corrected chi connectivity index (χ4v) is 3.64. The van der Waals surface area contributed by atoms with E-state index in [1.54, 1.807) is 4.90 Å². The summed E-state index contributed by atoms with van der Waals surface area (Å²) in [5.41, 5.74) is 1.37. The molecule has 2 atom stereocenters. The summed E-state index contributed by atoms with van der Waals surface area (Å²) in [5, 5.41) is 0. The third kappa shape index (κ3) is 2.38. The molecule has 1 fully saturated rings. The van der Waals surface area contributed by atoms with Crippen molar-refractivity contribution < 1.29 is 18.7 Å². The van der Waals surface area contributed by atoms with Crippen LogP contribution in [0.1, 0.15) is 42.6 Å². The van der Waals surface area contributed by atoms with Gasteiger partial charge in [-0.1, -0.05) is 6.92 Å². The van der Waals surface area contributed by atoms with Gasteiger partial charge in [-0.2, -0.15) is 0 Å². The number of esters is 1. The molecule has 3 rings (SSSR count). The van der Waals surface area contributed by atoms with Gasteiger partial charge in [-0.15, -0.1) is 0 Å². The van der Waals surface area contributed by atoms with Crippen molar-refractivity contribution in [3.8, 4) is 0 Å². The predicted molar refractivity (Wildman–Crippen MR) is 80.3 cm³/mol. The monoisotopic (exact) mass is 305 g/mol. The second kappa shape index (κ2) is 5.38. The van der Waals surface area contributed by atoms with Gasteiger partial charge in [0.25, 0.3) is 0 Å². The van der Waals surface area contributed by atoms with Crippen LogP contribution in [0.15, 0.2) is 12.1 Å². The first-order valence-electron chi connectivity index (χ1n) is 7.64. The first-order valence-corrected chi connectivity index (χ1v) is 7.64. The number of anilines is 1. The third-order valence-corrected chi connectivity index (χ3v) is 4.70. The number of hydrogen-bond donors (Lipinski definition) is 0. The number of carbonyl (C=O) groups excluding carboxylic acids is 2. The Kier molecular flexibility index (Phi) is 3.67. The lowest BCUT2D eigenvalue weighted by Crippen LogP contribution is -2.48. The Morgan fingerprint density at radius 2 is 2.00 bits per heavy atom. The molecule has 1 aromatic carbocycles. The molecule has 118 valence electrons. The summed E-state index contributed by atoms with van der Waals surface area (Å²) >= 11 is 0. The topological polar surface area (TPSA) is 46.6 Å². The van der Waals surface area contributed by atoms with Gasteiger partial charge in [-0.3, -0.25) is 4.79 Å².